The largest absolute Gasteiger partial charge is 0.497 e. The Hall–Kier alpha value is -3.99. The number of nitrogens with one attached hydrogen (secondary N) is 2. The number of methoxy groups -OCH3 is 1. The van der Waals surface area contributed by atoms with E-state index in [1.807, 2.05) is 6.07 Å². The first-order valence-electron chi connectivity index (χ1n) is 9.93. The van der Waals surface area contributed by atoms with Gasteiger partial charge >= 0.3 is 0 Å². The number of nitrogens with zero attached hydrogens (tertiary/aromatic N) is 1. The van der Waals surface area contributed by atoms with Crippen LogP contribution in [0.2, 0.25) is 10.0 Å². The molecule has 3 aromatic rings. The summed E-state index contributed by atoms with van der Waals surface area (Å²) in [7, 11) is 1.54. The Bertz CT molecular complexity index is 1270. The van der Waals surface area contributed by atoms with Gasteiger partial charge in [-0.2, -0.15) is 5.26 Å². The number of hydrogen-bond acceptors (Lipinski definition) is 5. The fourth-order valence-electron chi connectivity index (χ4n) is 2.82. The van der Waals surface area contributed by atoms with E-state index >= 15 is 0 Å². The van der Waals surface area contributed by atoms with E-state index in [0.717, 1.165) is 0 Å². The molecule has 0 aromatic heterocycles. The van der Waals surface area contributed by atoms with Crippen LogP contribution in [0, 0.1) is 11.3 Å². The second-order valence-electron chi connectivity index (χ2n) is 6.86. The van der Waals surface area contributed by atoms with Crippen molar-refractivity contribution in [2.75, 3.05) is 24.4 Å². The number of benzene rings is 3. The Balaban J connectivity index is 1.68. The van der Waals surface area contributed by atoms with Crippen LogP contribution in [0.5, 0.6) is 11.5 Å². The average Bonchev–Trinajstić information content (AvgIpc) is 2.84. The van der Waals surface area contributed by atoms with Crippen molar-refractivity contribution in [3.05, 3.63) is 87.9 Å². The molecule has 7 nitrogen and oxygen atoms in total. The maximum Gasteiger partial charge on any atom is 0.266 e. The minimum absolute atomic E-state index is 0.132. The van der Waals surface area contributed by atoms with Crippen molar-refractivity contribution >= 4 is 52.5 Å². The van der Waals surface area contributed by atoms with Crippen LogP contribution < -0.4 is 20.1 Å². The van der Waals surface area contributed by atoms with Crippen LogP contribution in [0.1, 0.15) is 5.56 Å². The van der Waals surface area contributed by atoms with Crippen LogP contribution in [0.4, 0.5) is 11.4 Å². The van der Waals surface area contributed by atoms with E-state index in [4.69, 9.17) is 32.7 Å². The molecule has 0 bridgehead atoms. The molecule has 0 saturated carbocycles. The Morgan fingerprint density at radius 3 is 2.35 bits per heavy atom. The number of carbonyl (C=O) groups excluding carboxylic acids is 2. The van der Waals surface area contributed by atoms with Gasteiger partial charge in [-0.25, -0.2) is 0 Å². The molecule has 9 heteroatoms. The third-order valence-corrected chi connectivity index (χ3v) is 5.23. The highest BCUT2D eigenvalue weighted by Gasteiger charge is 2.13. The number of nitriles is 1. The van der Waals surface area contributed by atoms with Gasteiger partial charge in [-0.15, -0.1) is 0 Å². The molecule has 0 aliphatic heterocycles. The lowest BCUT2D eigenvalue weighted by molar-refractivity contribution is -0.118. The number of ether oxygens (including phenoxy) is 2. The van der Waals surface area contributed by atoms with E-state index < -0.39 is 11.8 Å². The summed E-state index contributed by atoms with van der Waals surface area (Å²) >= 11 is 11.8. The molecule has 0 aliphatic rings. The van der Waals surface area contributed by atoms with Crippen LogP contribution in [0.15, 0.2) is 72.3 Å². The van der Waals surface area contributed by atoms with Crippen molar-refractivity contribution in [1.29, 1.82) is 5.26 Å². The SMILES string of the molecule is COc1ccc(NC(=O)/C(C#N)=C\c2ccccc2OCC(=O)Nc2ccc(Cl)c(Cl)c2)cc1. The van der Waals surface area contributed by atoms with Gasteiger partial charge in [0.15, 0.2) is 6.61 Å². The van der Waals surface area contributed by atoms with Gasteiger partial charge in [0.05, 0.1) is 17.2 Å². The lowest BCUT2D eigenvalue weighted by Gasteiger charge is -2.11. The molecule has 0 atom stereocenters. The molecule has 0 aliphatic carbocycles. The maximum absolute atomic E-state index is 12.6. The standard InChI is InChI=1S/C25H19Cl2N3O4/c1-33-20-9-6-18(7-10-20)30-25(32)17(14-28)12-16-4-2-3-5-23(16)34-15-24(31)29-19-8-11-21(26)22(27)13-19/h2-13H,15H2,1H3,(H,29,31)(H,30,32)/b17-12-. The zero-order chi connectivity index (χ0) is 24.5. The maximum atomic E-state index is 12.6. The molecule has 0 spiro atoms. The molecular weight excluding hydrogens is 477 g/mol. The molecule has 172 valence electrons. The first kappa shape index (κ1) is 24.6. The Kier molecular flexibility index (Phi) is 8.52. The van der Waals surface area contributed by atoms with Crippen LogP contribution in [0.3, 0.4) is 0 Å². The Morgan fingerprint density at radius 1 is 0.971 bits per heavy atom. The number of carbonyl (C=O) groups is 2. The van der Waals surface area contributed by atoms with E-state index in [-0.39, 0.29) is 12.2 Å². The molecule has 0 heterocycles. The Morgan fingerprint density at radius 2 is 1.68 bits per heavy atom. The van der Waals surface area contributed by atoms with Crippen LogP contribution in [-0.4, -0.2) is 25.5 Å². The number of rotatable bonds is 8. The summed E-state index contributed by atoms with van der Waals surface area (Å²) in [6.07, 6.45) is 1.39. The molecule has 3 rings (SSSR count). The van der Waals surface area contributed by atoms with Crippen molar-refractivity contribution in [3.8, 4) is 17.6 Å². The van der Waals surface area contributed by atoms with Crippen molar-refractivity contribution in [2.45, 2.75) is 0 Å². The topological polar surface area (TPSA) is 100 Å². The first-order valence-corrected chi connectivity index (χ1v) is 10.7. The summed E-state index contributed by atoms with van der Waals surface area (Å²) in [5.41, 5.74) is 1.31. The summed E-state index contributed by atoms with van der Waals surface area (Å²) < 4.78 is 10.7. The lowest BCUT2D eigenvalue weighted by atomic mass is 10.1. The average molecular weight is 496 g/mol. The molecule has 2 amide bonds. The third-order valence-electron chi connectivity index (χ3n) is 4.49. The van der Waals surface area contributed by atoms with E-state index in [0.29, 0.717) is 38.5 Å². The van der Waals surface area contributed by atoms with Crippen LogP contribution in [0.25, 0.3) is 6.08 Å². The predicted molar refractivity (Wildman–Crippen MR) is 132 cm³/mol. The molecule has 2 N–H and O–H groups in total. The van der Waals surface area contributed by atoms with Gasteiger partial charge in [-0.05, 0) is 54.6 Å². The quantitative estimate of drug-likeness (QED) is 0.314. The van der Waals surface area contributed by atoms with Crippen molar-refractivity contribution in [2.24, 2.45) is 0 Å². The van der Waals surface area contributed by atoms with Crippen LogP contribution in [-0.2, 0) is 9.59 Å². The zero-order valence-electron chi connectivity index (χ0n) is 18.0. The van der Waals surface area contributed by atoms with Gasteiger partial charge in [0.25, 0.3) is 11.8 Å². The van der Waals surface area contributed by atoms with Gasteiger partial charge in [0.1, 0.15) is 23.1 Å². The molecule has 34 heavy (non-hydrogen) atoms. The third kappa shape index (κ3) is 6.75. The normalized spacial score (nSPS) is 10.7. The van der Waals surface area contributed by atoms with E-state index in [2.05, 4.69) is 10.6 Å². The number of hydrogen-bond donors (Lipinski definition) is 2. The molecule has 0 saturated heterocycles. The van der Waals surface area contributed by atoms with Crippen LogP contribution >= 0.6 is 23.2 Å². The van der Waals surface area contributed by atoms with E-state index in [1.54, 1.807) is 67.8 Å². The van der Waals surface area contributed by atoms with Crippen molar-refractivity contribution < 1.29 is 19.1 Å². The van der Waals surface area contributed by atoms with Gasteiger partial charge < -0.3 is 20.1 Å². The molecular formula is C25H19Cl2N3O4. The monoisotopic (exact) mass is 495 g/mol. The highest BCUT2D eigenvalue weighted by atomic mass is 35.5. The molecule has 0 fully saturated rings. The van der Waals surface area contributed by atoms with Gasteiger partial charge in [-0.3, -0.25) is 9.59 Å². The van der Waals surface area contributed by atoms with Gasteiger partial charge in [0.2, 0.25) is 0 Å². The molecule has 3 aromatic carbocycles. The first-order chi connectivity index (χ1) is 16.4. The minimum Gasteiger partial charge on any atom is -0.497 e. The second-order valence-corrected chi connectivity index (χ2v) is 7.67. The van der Waals surface area contributed by atoms with Gasteiger partial charge in [0, 0.05) is 16.9 Å². The van der Waals surface area contributed by atoms with E-state index in [1.165, 1.54) is 12.1 Å². The fourth-order valence-corrected chi connectivity index (χ4v) is 3.12. The summed E-state index contributed by atoms with van der Waals surface area (Å²) in [5.74, 6) is -0.0325. The highest BCUT2D eigenvalue weighted by molar-refractivity contribution is 6.42. The molecule has 0 unspecified atom stereocenters. The lowest BCUT2D eigenvalue weighted by Crippen LogP contribution is -2.20. The summed E-state index contributed by atoms with van der Waals surface area (Å²) in [5, 5.41) is 15.5. The number of amides is 2. The van der Waals surface area contributed by atoms with Crippen molar-refractivity contribution in [1.82, 2.24) is 0 Å². The summed E-state index contributed by atoms with van der Waals surface area (Å²) in [4.78, 5) is 24.9. The fraction of sp³-hybridized carbons (Fsp3) is 0.0800. The summed E-state index contributed by atoms with van der Waals surface area (Å²) in [6.45, 7) is -0.301. The second kappa shape index (κ2) is 11.8. The number of para-hydroxylation sites is 1. The van der Waals surface area contributed by atoms with Gasteiger partial charge in [-0.1, -0.05) is 41.4 Å². The molecule has 0 radical (unpaired) electrons. The number of anilines is 2. The van der Waals surface area contributed by atoms with Crippen molar-refractivity contribution in [3.63, 3.8) is 0 Å². The zero-order valence-corrected chi connectivity index (χ0v) is 19.5. The smallest absolute Gasteiger partial charge is 0.266 e. The highest BCUT2D eigenvalue weighted by Crippen LogP contribution is 2.25. The predicted octanol–water partition coefficient (Wildman–Crippen LogP) is 5.57. The summed E-state index contributed by atoms with van der Waals surface area (Å²) in [6, 6.07) is 20.1. The van der Waals surface area contributed by atoms with E-state index in [9.17, 15) is 14.9 Å². The number of halogens is 2. The minimum atomic E-state index is -0.583. The Labute approximate surface area is 206 Å².